The lowest BCUT2D eigenvalue weighted by molar-refractivity contribution is 0.0983. The van der Waals surface area contributed by atoms with Crippen LogP contribution in [0.4, 0.5) is 11.4 Å². The molecule has 2 aliphatic heterocycles. The normalized spacial score (nSPS) is 18.3. The lowest BCUT2D eigenvalue weighted by Crippen LogP contribution is -2.35. The Kier molecular flexibility index (Phi) is 2.78. The summed E-state index contributed by atoms with van der Waals surface area (Å²) >= 11 is 0. The molecule has 0 aromatic heterocycles. The number of aliphatic imine (C=N–C) groups is 1. The quantitative estimate of drug-likeness (QED) is 0.866. The van der Waals surface area contributed by atoms with Gasteiger partial charge in [-0.3, -0.25) is 14.4 Å². The number of carbonyl (C=O) groups excluding carboxylic acids is 3. The number of Topliss-reactive ketones (excluding diaryl/α,β-unsaturated/α-hetero) is 3. The number of hydrogen-bond acceptors (Lipinski definition) is 5. The largest absolute Gasteiger partial charge is 0.369 e. The van der Waals surface area contributed by atoms with E-state index in [1.807, 2.05) is 6.07 Å². The number of anilines is 1. The van der Waals surface area contributed by atoms with Crippen molar-refractivity contribution < 1.29 is 14.4 Å². The Morgan fingerprint density at radius 1 is 1.04 bits per heavy atom. The average Bonchev–Trinajstić information content (AvgIpc) is 3.05. The summed E-state index contributed by atoms with van der Waals surface area (Å²) in [7, 11) is 0. The van der Waals surface area contributed by atoms with Crippen LogP contribution in [0.25, 0.3) is 0 Å². The maximum absolute atomic E-state index is 12.6. The Morgan fingerprint density at radius 2 is 1.78 bits per heavy atom. The number of para-hydroxylation sites is 2. The third-order valence-electron chi connectivity index (χ3n) is 4.15. The first-order valence-corrected chi connectivity index (χ1v) is 7.25. The molecule has 1 N–H and O–H groups in total. The average molecular weight is 304 g/mol. The second kappa shape index (κ2) is 4.71. The van der Waals surface area contributed by atoms with Gasteiger partial charge in [-0.2, -0.15) is 0 Å². The van der Waals surface area contributed by atoms with Crippen LogP contribution in [0.1, 0.15) is 38.0 Å². The molecule has 2 aliphatic rings. The molecule has 0 fully saturated rings. The summed E-state index contributed by atoms with van der Waals surface area (Å²) in [5, 5.41) is 3.05. The molecule has 0 bridgehead atoms. The molecular weight excluding hydrogens is 292 g/mol. The van der Waals surface area contributed by atoms with Gasteiger partial charge < -0.3 is 5.32 Å². The van der Waals surface area contributed by atoms with Gasteiger partial charge in [0, 0.05) is 16.8 Å². The predicted octanol–water partition coefficient (Wildman–Crippen LogP) is 2.84. The molecule has 1 atom stereocenters. The minimum absolute atomic E-state index is 0.148. The topological polar surface area (TPSA) is 75.6 Å². The van der Waals surface area contributed by atoms with Crippen molar-refractivity contribution in [1.29, 1.82) is 0 Å². The minimum atomic E-state index is -0.799. The van der Waals surface area contributed by atoms with Crippen molar-refractivity contribution >= 4 is 34.4 Å². The summed E-state index contributed by atoms with van der Waals surface area (Å²) in [6.45, 7) is 1.43. The zero-order chi connectivity index (χ0) is 16.1. The van der Waals surface area contributed by atoms with E-state index >= 15 is 0 Å². The summed E-state index contributed by atoms with van der Waals surface area (Å²) in [5.41, 5.74) is 2.53. The van der Waals surface area contributed by atoms with E-state index in [-0.39, 0.29) is 23.1 Å². The fraction of sp³-hybridized carbons (Fsp3) is 0.111. The van der Waals surface area contributed by atoms with Gasteiger partial charge in [0.1, 0.15) is 11.8 Å². The lowest BCUT2D eigenvalue weighted by atomic mass is 9.98. The van der Waals surface area contributed by atoms with Gasteiger partial charge in [-0.15, -0.1) is 0 Å². The molecule has 1 unspecified atom stereocenters. The van der Waals surface area contributed by atoms with Gasteiger partial charge in [0.15, 0.2) is 11.6 Å². The fourth-order valence-corrected chi connectivity index (χ4v) is 3.03. The number of nitrogens with zero attached hydrogens (tertiary/aromatic N) is 1. The van der Waals surface area contributed by atoms with Crippen molar-refractivity contribution in [3.05, 3.63) is 59.2 Å². The van der Waals surface area contributed by atoms with Crippen molar-refractivity contribution in [3.8, 4) is 0 Å². The summed E-state index contributed by atoms with van der Waals surface area (Å²) in [6.07, 6.45) is 0. The third kappa shape index (κ3) is 1.86. The van der Waals surface area contributed by atoms with Gasteiger partial charge in [0.2, 0.25) is 5.78 Å². The highest BCUT2D eigenvalue weighted by molar-refractivity contribution is 6.56. The molecule has 112 valence electrons. The molecule has 0 amide bonds. The first kappa shape index (κ1) is 13.6. The molecule has 5 heteroatoms. The Labute approximate surface area is 132 Å². The predicted molar refractivity (Wildman–Crippen MR) is 86.1 cm³/mol. The molecule has 23 heavy (non-hydrogen) atoms. The molecule has 4 rings (SSSR count). The highest BCUT2D eigenvalue weighted by atomic mass is 16.1. The van der Waals surface area contributed by atoms with Crippen molar-refractivity contribution in [2.24, 2.45) is 4.99 Å². The first-order valence-electron chi connectivity index (χ1n) is 7.25. The van der Waals surface area contributed by atoms with E-state index < -0.39 is 6.04 Å². The summed E-state index contributed by atoms with van der Waals surface area (Å²) in [4.78, 5) is 41.2. The van der Waals surface area contributed by atoms with E-state index in [4.69, 9.17) is 0 Å². The number of nitrogens with one attached hydrogen (secondary N) is 1. The van der Waals surface area contributed by atoms with E-state index in [2.05, 4.69) is 10.3 Å². The Bertz CT molecular complexity index is 928. The Hall–Kier alpha value is -3.08. The van der Waals surface area contributed by atoms with Crippen LogP contribution in [0.5, 0.6) is 0 Å². The minimum Gasteiger partial charge on any atom is -0.369 e. The van der Waals surface area contributed by atoms with Gasteiger partial charge in [-0.05, 0) is 31.2 Å². The number of hydrogen-bond donors (Lipinski definition) is 1. The van der Waals surface area contributed by atoms with Crippen molar-refractivity contribution in [2.75, 3.05) is 5.32 Å². The molecule has 0 saturated heterocycles. The third-order valence-corrected chi connectivity index (χ3v) is 4.15. The van der Waals surface area contributed by atoms with Gasteiger partial charge in [-0.1, -0.05) is 18.2 Å². The summed E-state index contributed by atoms with van der Waals surface area (Å²) in [5.74, 6) is -0.639. The van der Waals surface area contributed by atoms with Crippen LogP contribution in [0, 0.1) is 0 Å². The highest BCUT2D eigenvalue weighted by Crippen LogP contribution is 2.35. The van der Waals surface area contributed by atoms with Crippen LogP contribution < -0.4 is 5.32 Å². The van der Waals surface area contributed by atoms with Crippen LogP contribution >= 0.6 is 0 Å². The standard InChI is InChI=1S/C18H12N2O3/c1-9(21)10-6-4-7-12-14(10)20-16(18(12)23)15-17(22)11-5-2-3-8-13(11)19-15/h2-8,15,19H,1H3. The molecule has 5 nitrogen and oxygen atoms in total. The van der Waals surface area contributed by atoms with E-state index in [0.717, 1.165) is 0 Å². The van der Waals surface area contributed by atoms with E-state index in [0.29, 0.717) is 28.1 Å². The summed E-state index contributed by atoms with van der Waals surface area (Å²) < 4.78 is 0. The SMILES string of the molecule is CC(=O)c1cccc2c1N=C(C1Nc3ccccc3C1=O)C2=O. The second-order valence-electron chi connectivity index (χ2n) is 5.57. The number of benzene rings is 2. The zero-order valence-electron chi connectivity index (χ0n) is 12.3. The van der Waals surface area contributed by atoms with Crippen LogP contribution in [0.3, 0.4) is 0 Å². The van der Waals surface area contributed by atoms with Gasteiger partial charge in [0.05, 0.1) is 11.3 Å². The number of fused-ring (bicyclic) bond motifs is 2. The molecule has 2 aromatic rings. The van der Waals surface area contributed by atoms with E-state index in [1.54, 1.807) is 36.4 Å². The molecule has 0 radical (unpaired) electrons. The van der Waals surface area contributed by atoms with Crippen molar-refractivity contribution in [1.82, 2.24) is 0 Å². The van der Waals surface area contributed by atoms with Gasteiger partial charge in [0.25, 0.3) is 0 Å². The lowest BCUT2D eigenvalue weighted by Gasteiger charge is -2.08. The number of ketones is 3. The maximum Gasteiger partial charge on any atom is 0.212 e. The van der Waals surface area contributed by atoms with Crippen molar-refractivity contribution in [2.45, 2.75) is 13.0 Å². The molecule has 0 spiro atoms. The molecular formula is C18H12N2O3. The van der Waals surface area contributed by atoms with Gasteiger partial charge >= 0.3 is 0 Å². The van der Waals surface area contributed by atoms with E-state index in [1.165, 1.54) is 6.92 Å². The molecule has 2 heterocycles. The van der Waals surface area contributed by atoms with Gasteiger partial charge in [-0.25, -0.2) is 4.99 Å². The number of rotatable bonds is 2. The number of carbonyl (C=O) groups is 3. The maximum atomic E-state index is 12.6. The Balaban J connectivity index is 1.79. The monoisotopic (exact) mass is 304 g/mol. The highest BCUT2D eigenvalue weighted by Gasteiger charge is 2.40. The van der Waals surface area contributed by atoms with Crippen molar-refractivity contribution in [3.63, 3.8) is 0 Å². The second-order valence-corrected chi connectivity index (χ2v) is 5.57. The van der Waals surface area contributed by atoms with Crippen LogP contribution in [-0.2, 0) is 0 Å². The fourth-order valence-electron chi connectivity index (χ4n) is 3.03. The molecule has 0 aliphatic carbocycles. The molecule has 0 saturated carbocycles. The summed E-state index contributed by atoms with van der Waals surface area (Å²) in [6, 6.07) is 11.2. The van der Waals surface area contributed by atoms with Crippen LogP contribution in [0.15, 0.2) is 47.5 Å². The zero-order valence-corrected chi connectivity index (χ0v) is 12.3. The van der Waals surface area contributed by atoms with Crippen LogP contribution in [-0.4, -0.2) is 29.1 Å². The first-order chi connectivity index (χ1) is 11.1. The van der Waals surface area contributed by atoms with Crippen LogP contribution in [0.2, 0.25) is 0 Å². The Morgan fingerprint density at radius 3 is 2.52 bits per heavy atom. The van der Waals surface area contributed by atoms with E-state index in [9.17, 15) is 14.4 Å². The smallest absolute Gasteiger partial charge is 0.212 e. The molecule has 2 aromatic carbocycles.